The van der Waals surface area contributed by atoms with Crippen molar-refractivity contribution in [2.24, 2.45) is 0 Å². The second-order valence-electron chi connectivity index (χ2n) is 7.67. The standard InChI is InChI=1S/C24H22F2N4O3/c25-18-8-6-17(7-9-18)23(32)28-11-13-29(14-12-28)24(33)21-5-2-10-30(21)16-22(31)27-20-4-1-3-19(26)15-20/h1-10,15H,11-14,16H2,(H,27,31). The lowest BCUT2D eigenvalue weighted by molar-refractivity contribution is -0.116. The van der Waals surface area contributed by atoms with Crippen LogP contribution in [0.5, 0.6) is 0 Å². The molecule has 1 fully saturated rings. The molecule has 1 aromatic heterocycles. The first-order valence-corrected chi connectivity index (χ1v) is 10.5. The number of nitrogens with one attached hydrogen (secondary N) is 1. The van der Waals surface area contributed by atoms with E-state index in [0.717, 1.165) is 0 Å². The van der Waals surface area contributed by atoms with Gasteiger partial charge >= 0.3 is 0 Å². The van der Waals surface area contributed by atoms with Crippen LogP contribution in [0, 0.1) is 11.6 Å². The number of carbonyl (C=O) groups is 3. The van der Waals surface area contributed by atoms with Crippen molar-refractivity contribution in [1.29, 1.82) is 0 Å². The molecule has 1 aliphatic rings. The van der Waals surface area contributed by atoms with Gasteiger partial charge in [-0.3, -0.25) is 14.4 Å². The minimum Gasteiger partial charge on any atom is -0.335 e. The molecule has 2 heterocycles. The van der Waals surface area contributed by atoms with E-state index in [1.807, 2.05) is 0 Å². The lowest BCUT2D eigenvalue weighted by atomic mass is 10.1. The summed E-state index contributed by atoms with van der Waals surface area (Å²) in [4.78, 5) is 41.2. The summed E-state index contributed by atoms with van der Waals surface area (Å²) in [5.41, 5.74) is 1.08. The smallest absolute Gasteiger partial charge is 0.270 e. The topological polar surface area (TPSA) is 74.7 Å². The van der Waals surface area contributed by atoms with E-state index in [1.54, 1.807) is 34.2 Å². The van der Waals surface area contributed by atoms with E-state index in [4.69, 9.17) is 0 Å². The molecule has 4 rings (SSSR count). The fourth-order valence-corrected chi connectivity index (χ4v) is 3.72. The highest BCUT2D eigenvalue weighted by Crippen LogP contribution is 2.14. The number of anilines is 1. The molecule has 3 amide bonds. The maximum Gasteiger partial charge on any atom is 0.270 e. The van der Waals surface area contributed by atoms with Crippen LogP contribution in [-0.4, -0.2) is 58.3 Å². The third-order valence-corrected chi connectivity index (χ3v) is 5.42. The highest BCUT2D eigenvalue weighted by Gasteiger charge is 2.27. The fraction of sp³-hybridized carbons (Fsp3) is 0.208. The van der Waals surface area contributed by atoms with E-state index in [1.165, 1.54) is 47.0 Å². The normalized spacial score (nSPS) is 13.6. The van der Waals surface area contributed by atoms with Crippen LogP contribution in [0.4, 0.5) is 14.5 Å². The van der Waals surface area contributed by atoms with Gasteiger partial charge in [-0.05, 0) is 54.6 Å². The summed E-state index contributed by atoms with van der Waals surface area (Å²) in [6.45, 7) is 1.28. The van der Waals surface area contributed by atoms with Crippen LogP contribution in [0.3, 0.4) is 0 Å². The average molecular weight is 452 g/mol. The van der Waals surface area contributed by atoms with Gasteiger partial charge in [-0.25, -0.2) is 8.78 Å². The average Bonchev–Trinajstić information content (AvgIpc) is 3.26. The number of rotatable bonds is 5. The van der Waals surface area contributed by atoms with Gasteiger partial charge in [0.25, 0.3) is 11.8 Å². The Morgan fingerprint density at radius 1 is 0.788 bits per heavy atom. The zero-order valence-electron chi connectivity index (χ0n) is 17.7. The summed E-state index contributed by atoms with van der Waals surface area (Å²) in [6, 6.07) is 14.2. The van der Waals surface area contributed by atoms with Crippen molar-refractivity contribution in [2.75, 3.05) is 31.5 Å². The zero-order chi connectivity index (χ0) is 23.4. The Morgan fingerprint density at radius 3 is 2.12 bits per heavy atom. The second-order valence-corrected chi connectivity index (χ2v) is 7.67. The number of amides is 3. The molecular formula is C24H22F2N4O3. The van der Waals surface area contributed by atoms with Crippen LogP contribution in [0.1, 0.15) is 20.8 Å². The van der Waals surface area contributed by atoms with Gasteiger partial charge in [0.1, 0.15) is 23.9 Å². The number of carbonyl (C=O) groups excluding carboxylic acids is 3. The highest BCUT2D eigenvalue weighted by atomic mass is 19.1. The zero-order valence-corrected chi connectivity index (χ0v) is 17.7. The van der Waals surface area contributed by atoms with E-state index >= 15 is 0 Å². The van der Waals surface area contributed by atoms with Gasteiger partial charge in [-0.2, -0.15) is 0 Å². The monoisotopic (exact) mass is 452 g/mol. The molecule has 33 heavy (non-hydrogen) atoms. The van der Waals surface area contributed by atoms with Crippen molar-refractivity contribution < 1.29 is 23.2 Å². The van der Waals surface area contributed by atoms with Crippen LogP contribution in [0.2, 0.25) is 0 Å². The van der Waals surface area contributed by atoms with Crippen molar-refractivity contribution >= 4 is 23.4 Å². The van der Waals surface area contributed by atoms with Crippen molar-refractivity contribution in [3.8, 4) is 0 Å². The molecule has 3 aromatic rings. The van der Waals surface area contributed by atoms with Crippen LogP contribution in [0.25, 0.3) is 0 Å². The Balaban J connectivity index is 1.35. The molecule has 9 heteroatoms. The van der Waals surface area contributed by atoms with Gasteiger partial charge in [0.15, 0.2) is 0 Å². The van der Waals surface area contributed by atoms with E-state index < -0.39 is 11.6 Å². The first kappa shape index (κ1) is 22.2. The molecule has 0 unspecified atom stereocenters. The maximum absolute atomic E-state index is 13.3. The lowest BCUT2D eigenvalue weighted by Gasteiger charge is -2.35. The van der Waals surface area contributed by atoms with Crippen LogP contribution >= 0.6 is 0 Å². The Labute approximate surface area is 189 Å². The van der Waals surface area contributed by atoms with Crippen molar-refractivity contribution in [3.05, 3.63) is 89.8 Å². The Hall–Kier alpha value is -4.01. The van der Waals surface area contributed by atoms with E-state index in [9.17, 15) is 23.2 Å². The maximum atomic E-state index is 13.3. The third-order valence-electron chi connectivity index (χ3n) is 5.42. The number of nitrogens with zero attached hydrogens (tertiary/aromatic N) is 3. The van der Waals surface area contributed by atoms with Gasteiger partial charge in [-0.1, -0.05) is 6.07 Å². The summed E-state index contributed by atoms with van der Waals surface area (Å²) in [7, 11) is 0. The molecule has 0 atom stereocenters. The molecule has 2 aromatic carbocycles. The molecule has 0 spiro atoms. The van der Waals surface area contributed by atoms with Gasteiger partial charge < -0.3 is 19.7 Å². The minimum atomic E-state index is -0.457. The first-order valence-electron chi connectivity index (χ1n) is 10.5. The molecule has 1 N–H and O–H groups in total. The largest absolute Gasteiger partial charge is 0.335 e. The SMILES string of the molecule is O=C(Cn1cccc1C(=O)N1CCN(C(=O)c2ccc(F)cc2)CC1)Nc1cccc(F)c1. The summed E-state index contributed by atoms with van der Waals surface area (Å²) < 4.78 is 27.9. The number of piperazine rings is 1. The van der Waals surface area contributed by atoms with Gasteiger partial charge in [0.2, 0.25) is 5.91 Å². The predicted molar refractivity (Wildman–Crippen MR) is 118 cm³/mol. The first-order chi connectivity index (χ1) is 15.9. The third kappa shape index (κ3) is 5.25. The Kier molecular flexibility index (Phi) is 6.48. The molecule has 0 saturated carbocycles. The van der Waals surface area contributed by atoms with E-state index in [-0.39, 0.29) is 24.3 Å². The number of halogens is 2. The Morgan fingerprint density at radius 2 is 1.45 bits per heavy atom. The summed E-state index contributed by atoms with van der Waals surface area (Å²) in [6.07, 6.45) is 1.63. The quantitative estimate of drug-likeness (QED) is 0.647. The van der Waals surface area contributed by atoms with Crippen molar-refractivity contribution in [2.45, 2.75) is 6.54 Å². The lowest BCUT2D eigenvalue weighted by Crippen LogP contribution is -2.51. The number of hydrogen-bond acceptors (Lipinski definition) is 3. The number of aromatic nitrogens is 1. The second kappa shape index (κ2) is 9.64. The van der Waals surface area contributed by atoms with Gasteiger partial charge in [0.05, 0.1) is 0 Å². The molecule has 7 nitrogen and oxygen atoms in total. The molecule has 1 saturated heterocycles. The van der Waals surface area contributed by atoms with Crippen molar-refractivity contribution in [1.82, 2.24) is 14.4 Å². The summed E-state index contributed by atoms with van der Waals surface area (Å²) in [5, 5.41) is 2.61. The number of benzene rings is 2. The van der Waals surface area contributed by atoms with Crippen LogP contribution in [0.15, 0.2) is 66.9 Å². The van der Waals surface area contributed by atoms with E-state index in [2.05, 4.69) is 5.32 Å². The summed E-state index contributed by atoms with van der Waals surface area (Å²) in [5.74, 6) is -1.70. The minimum absolute atomic E-state index is 0.104. The highest BCUT2D eigenvalue weighted by molar-refractivity contribution is 5.96. The van der Waals surface area contributed by atoms with Crippen molar-refractivity contribution in [3.63, 3.8) is 0 Å². The molecule has 170 valence electrons. The molecule has 0 bridgehead atoms. The predicted octanol–water partition coefficient (Wildman–Crippen LogP) is 3.00. The molecular weight excluding hydrogens is 430 g/mol. The molecule has 0 radical (unpaired) electrons. The fourth-order valence-electron chi connectivity index (χ4n) is 3.72. The van der Waals surface area contributed by atoms with E-state index in [0.29, 0.717) is 43.1 Å². The van der Waals surface area contributed by atoms with Crippen LogP contribution in [-0.2, 0) is 11.3 Å². The van der Waals surface area contributed by atoms with Crippen LogP contribution < -0.4 is 5.32 Å². The molecule has 0 aliphatic carbocycles. The number of hydrogen-bond donors (Lipinski definition) is 1. The molecule has 1 aliphatic heterocycles. The summed E-state index contributed by atoms with van der Waals surface area (Å²) >= 11 is 0. The van der Waals surface area contributed by atoms with Gasteiger partial charge in [0, 0.05) is 43.6 Å². The van der Waals surface area contributed by atoms with Gasteiger partial charge in [-0.15, -0.1) is 0 Å². The Bertz CT molecular complexity index is 1170.